The summed E-state index contributed by atoms with van der Waals surface area (Å²) in [5, 5.41) is 9.01. The van der Waals surface area contributed by atoms with Gasteiger partial charge in [-0.05, 0) is 12.1 Å². The molecule has 1 aromatic carbocycles. The first-order chi connectivity index (χ1) is 6.08. The lowest BCUT2D eigenvalue weighted by atomic mass is 10.3. The van der Waals surface area contributed by atoms with Gasteiger partial charge in [-0.15, -0.1) is 0 Å². The van der Waals surface area contributed by atoms with Crippen molar-refractivity contribution in [2.24, 2.45) is 0 Å². The maximum absolute atomic E-state index is 12.4. The standard InChI is InChI=1S/C9H8F2O2/c10-9(11)5-8(9)13-7-3-1-2-6(12)4-7/h1-4,8,12H,5H2. The third-order valence-corrected chi connectivity index (χ3v) is 1.86. The van der Waals surface area contributed by atoms with Crippen LogP contribution in [0.5, 0.6) is 11.5 Å². The minimum atomic E-state index is -2.69. The lowest BCUT2D eigenvalue weighted by molar-refractivity contribution is 0.0664. The summed E-state index contributed by atoms with van der Waals surface area (Å²) < 4.78 is 29.7. The molecule has 1 aliphatic rings. The predicted octanol–water partition coefficient (Wildman–Crippen LogP) is 2.18. The van der Waals surface area contributed by atoms with E-state index in [4.69, 9.17) is 9.84 Å². The largest absolute Gasteiger partial charge is 0.508 e. The van der Waals surface area contributed by atoms with Crippen LogP contribution < -0.4 is 4.74 Å². The highest BCUT2D eigenvalue weighted by Crippen LogP contribution is 2.44. The fourth-order valence-electron chi connectivity index (χ4n) is 1.04. The van der Waals surface area contributed by atoms with Crippen molar-refractivity contribution in [1.82, 2.24) is 0 Å². The van der Waals surface area contributed by atoms with Gasteiger partial charge in [0.25, 0.3) is 5.92 Å². The maximum atomic E-state index is 12.4. The van der Waals surface area contributed by atoms with Gasteiger partial charge < -0.3 is 9.84 Å². The van der Waals surface area contributed by atoms with Crippen molar-refractivity contribution in [1.29, 1.82) is 0 Å². The van der Waals surface area contributed by atoms with Crippen LogP contribution in [0.1, 0.15) is 6.42 Å². The zero-order valence-corrected chi connectivity index (χ0v) is 6.71. The van der Waals surface area contributed by atoms with Crippen LogP contribution in [0.2, 0.25) is 0 Å². The van der Waals surface area contributed by atoms with Gasteiger partial charge >= 0.3 is 0 Å². The molecule has 0 aromatic heterocycles. The normalized spacial score (nSPS) is 24.0. The Bertz CT molecular complexity index is 325. The van der Waals surface area contributed by atoms with E-state index in [1.165, 1.54) is 18.2 Å². The molecule has 1 saturated carbocycles. The second-order valence-electron chi connectivity index (χ2n) is 3.07. The molecule has 1 atom stereocenters. The highest BCUT2D eigenvalue weighted by Gasteiger charge is 2.59. The monoisotopic (exact) mass is 186 g/mol. The van der Waals surface area contributed by atoms with E-state index in [-0.39, 0.29) is 17.9 Å². The highest BCUT2D eigenvalue weighted by atomic mass is 19.3. The maximum Gasteiger partial charge on any atom is 0.288 e. The molecule has 4 heteroatoms. The molecule has 0 radical (unpaired) electrons. The molecule has 1 aliphatic carbocycles. The Hall–Kier alpha value is -1.32. The smallest absolute Gasteiger partial charge is 0.288 e. The van der Waals surface area contributed by atoms with Gasteiger partial charge in [0, 0.05) is 6.07 Å². The molecule has 0 bridgehead atoms. The van der Waals surface area contributed by atoms with Crippen LogP contribution in [-0.4, -0.2) is 17.1 Å². The van der Waals surface area contributed by atoms with Gasteiger partial charge in [-0.3, -0.25) is 0 Å². The second-order valence-corrected chi connectivity index (χ2v) is 3.07. The van der Waals surface area contributed by atoms with E-state index in [0.717, 1.165) is 0 Å². The van der Waals surface area contributed by atoms with Crippen LogP contribution in [0, 0.1) is 0 Å². The Balaban J connectivity index is 2.03. The van der Waals surface area contributed by atoms with Gasteiger partial charge in [0.2, 0.25) is 0 Å². The number of phenols is 1. The molecule has 0 amide bonds. The van der Waals surface area contributed by atoms with E-state index in [2.05, 4.69) is 0 Å². The van der Waals surface area contributed by atoms with Crippen molar-refractivity contribution in [2.45, 2.75) is 18.4 Å². The SMILES string of the molecule is Oc1cccc(OC2CC2(F)F)c1. The summed E-state index contributed by atoms with van der Waals surface area (Å²) in [7, 11) is 0. The number of rotatable bonds is 2. The molecule has 2 rings (SSSR count). The number of alkyl halides is 2. The van der Waals surface area contributed by atoms with E-state index in [9.17, 15) is 8.78 Å². The van der Waals surface area contributed by atoms with E-state index in [1.807, 2.05) is 0 Å². The predicted molar refractivity (Wildman–Crippen MR) is 42.1 cm³/mol. The third kappa shape index (κ3) is 1.71. The average Bonchev–Trinajstić information content (AvgIpc) is 2.58. The lowest BCUT2D eigenvalue weighted by Crippen LogP contribution is -2.06. The van der Waals surface area contributed by atoms with Gasteiger partial charge in [0.15, 0.2) is 6.10 Å². The fourth-order valence-corrected chi connectivity index (χ4v) is 1.04. The number of aromatic hydroxyl groups is 1. The van der Waals surface area contributed by atoms with Crippen molar-refractivity contribution < 1.29 is 18.6 Å². The third-order valence-electron chi connectivity index (χ3n) is 1.86. The lowest BCUT2D eigenvalue weighted by Gasteiger charge is -2.04. The molecule has 13 heavy (non-hydrogen) atoms. The van der Waals surface area contributed by atoms with Crippen LogP contribution in [0.15, 0.2) is 24.3 Å². The molecule has 0 aliphatic heterocycles. The van der Waals surface area contributed by atoms with Gasteiger partial charge in [-0.25, -0.2) is 8.78 Å². The van der Waals surface area contributed by atoms with Crippen molar-refractivity contribution in [3.63, 3.8) is 0 Å². The van der Waals surface area contributed by atoms with Crippen molar-refractivity contribution >= 4 is 0 Å². The first-order valence-electron chi connectivity index (χ1n) is 3.91. The fraction of sp³-hybridized carbons (Fsp3) is 0.333. The Morgan fingerprint density at radius 1 is 1.46 bits per heavy atom. The van der Waals surface area contributed by atoms with E-state index < -0.39 is 12.0 Å². The Morgan fingerprint density at radius 2 is 2.15 bits per heavy atom. The molecule has 0 heterocycles. The summed E-state index contributed by atoms with van der Waals surface area (Å²) >= 11 is 0. The van der Waals surface area contributed by atoms with Crippen molar-refractivity contribution in [3.8, 4) is 11.5 Å². The average molecular weight is 186 g/mol. The van der Waals surface area contributed by atoms with Gasteiger partial charge in [-0.1, -0.05) is 6.07 Å². The number of halogens is 2. The number of hydrogen-bond donors (Lipinski definition) is 1. The molecule has 1 fully saturated rings. The van der Waals surface area contributed by atoms with Gasteiger partial charge in [-0.2, -0.15) is 0 Å². The van der Waals surface area contributed by atoms with Crippen LogP contribution in [0.3, 0.4) is 0 Å². The quantitative estimate of drug-likeness (QED) is 0.767. The summed E-state index contributed by atoms with van der Waals surface area (Å²) in [6, 6.07) is 5.85. The zero-order valence-electron chi connectivity index (χ0n) is 6.71. The zero-order chi connectivity index (χ0) is 9.47. The van der Waals surface area contributed by atoms with Crippen molar-refractivity contribution in [3.05, 3.63) is 24.3 Å². The van der Waals surface area contributed by atoms with E-state index in [1.54, 1.807) is 6.07 Å². The Kier molecular flexibility index (Phi) is 1.65. The minimum absolute atomic E-state index is 0.0152. The summed E-state index contributed by atoms with van der Waals surface area (Å²) in [4.78, 5) is 0. The van der Waals surface area contributed by atoms with Crippen LogP contribution in [0.25, 0.3) is 0 Å². The van der Waals surface area contributed by atoms with E-state index in [0.29, 0.717) is 0 Å². The summed E-state index contributed by atoms with van der Waals surface area (Å²) in [5.41, 5.74) is 0. The first kappa shape index (κ1) is 8.29. The molecule has 1 unspecified atom stereocenters. The number of benzene rings is 1. The second kappa shape index (κ2) is 2.58. The molecular formula is C9H8F2O2. The molecule has 1 aromatic rings. The van der Waals surface area contributed by atoms with Crippen LogP contribution in [-0.2, 0) is 0 Å². The molecular weight excluding hydrogens is 178 g/mol. The summed E-state index contributed by atoms with van der Waals surface area (Å²) in [6.45, 7) is 0. The Morgan fingerprint density at radius 3 is 2.69 bits per heavy atom. The van der Waals surface area contributed by atoms with Crippen molar-refractivity contribution in [2.75, 3.05) is 0 Å². The number of ether oxygens (including phenoxy) is 1. The van der Waals surface area contributed by atoms with E-state index >= 15 is 0 Å². The van der Waals surface area contributed by atoms with Crippen LogP contribution >= 0.6 is 0 Å². The minimum Gasteiger partial charge on any atom is -0.508 e. The number of hydrogen-bond acceptors (Lipinski definition) is 2. The van der Waals surface area contributed by atoms with Gasteiger partial charge in [0.05, 0.1) is 6.42 Å². The highest BCUT2D eigenvalue weighted by molar-refractivity contribution is 5.32. The first-order valence-corrected chi connectivity index (χ1v) is 3.91. The topological polar surface area (TPSA) is 29.5 Å². The number of phenolic OH excluding ortho intramolecular Hbond substituents is 1. The van der Waals surface area contributed by atoms with Crippen LogP contribution in [0.4, 0.5) is 8.78 Å². The molecule has 70 valence electrons. The summed E-state index contributed by atoms with van der Waals surface area (Å²) in [6.07, 6.45) is -1.25. The molecule has 1 N–H and O–H groups in total. The molecule has 0 spiro atoms. The molecule has 0 saturated heterocycles. The summed E-state index contributed by atoms with van der Waals surface area (Å²) in [5.74, 6) is -2.39. The Labute approximate surface area is 73.8 Å². The molecule has 2 nitrogen and oxygen atoms in total. The van der Waals surface area contributed by atoms with Gasteiger partial charge in [0.1, 0.15) is 11.5 Å².